The number of nitrogens with zero attached hydrogens (tertiary/aromatic N) is 2. The summed E-state index contributed by atoms with van der Waals surface area (Å²) < 4.78 is 10.9. The van der Waals surface area contributed by atoms with Crippen LogP contribution in [-0.4, -0.2) is 72.4 Å². The van der Waals surface area contributed by atoms with Gasteiger partial charge in [0.05, 0.1) is 38.5 Å². The van der Waals surface area contributed by atoms with Crippen LogP contribution < -0.4 is 5.32 Å². The van der Waals surface area contributed by atoms with Gasteiger partial charge in [0.2, 0.25) is 0 Å². The fourth-order valence-corrected chi connectivity index (χ4v) is 2.71. The first-order valence-electron chi connectivity index (χ1n) is 6.96. The van der Waals surface area contributed by atoms with E-state index < -0.39 is 0 Å². The van der Waals surface area contributed by atoms with Crippen molar-refractivity contribution in [3.05, 3.63) is 17.7 Å². The van der Waals surface area contributed by atoms with Crippen molar-refractivity contribution in [2.75, 3.05) is 39.5 Å². The first kappa shape index (κ1) is 13.5. The molecule has 3 heterocycles. The highest BCUT2D eigenvalue weighted by Gasteiger charge is 2.35. The predicted octanol–water partition coefficient (Wildman–Crippen LogP) is -0.452. The number of hydrogen-bond acceptors (Lipinski definition) is 5. The van der Waals surface area contributed by atoms with Gasteiger partial charge in [0, 0.05) is 25.0 Å². The van der Waals surface area contributed by atoms with E-state index in [1.807, 2.05) is 6.92 Å². The Hall–Kier alpha value is -1.44. The fraction of sp³-hybridized carbons (Fsp3) is 0.692. The van der Waals surface area contributed by atoms with E-state index in [1.54, 1.807) is 6.20 Å². The lowest BCUT2D eigenvalue weighted by Crippen LogP contribution is -2.54. The van der Waals surface area contributed by atoms with Crippen LogP contribution >= 0.6 is 0 Å². The van der Waals surface area contributed by atoms with Crippen molar-refractivity contribution in [3.8, 4) is 0 Å². The quantitative estimate of drug-likeness (QED) is 0.784. The Labute approximate surface area is 117 Å². The number of morpholine rings is 1. The standard InChI is InChI=1S/C13H20N4O3/c1-9-6-14-12(15-9)13(18)16-10-7-20-8-11(10)17-2-4-19-5-3-17/h6,10-11H,2-5,7-8H2,1H3,(H,14,15)(H,16,18)/t10-,11-/m0/s1. The summed E-state index contributed by atoms with van der Waals surface area (Å²) in [5, 5.41) is 3.02. The number of hydrogen-bond donors (Lipinski definition) is 2. The Kier molecular flexibility index (Phi) is 4.00. The number of amides is 1. The molecule has 0 spiro atoms. The lowest BCUT2D eigenvalue weighted by molar-refractivity contribution is 0.0108. The lowest BCUT2D eigenvalue weighted by atomic mass is 10.1. The van der Waals surface area contributed by atoms with Gasteiger partial charge in [-0.1, -0.05) is 0 Å². The zero-order valence-corrected chi connectivity index (χ0v) is 11.6. The summed E-state index contributed by atoms with van der Waals surface area (Å²) in [6.07, 6.45) is 1.65. The van der Waals surface area contributed by atoms with E-state index in [1.165, 1.54) is 0 Å². The minimum absolute atomic E-state index is 0.00556. The Morgan fingerprint density at radius 3 is 2.90 bits per heavy atom. The molecular formula is C13H20N4O3. The number of aromatic amines is 1. The smallest absolute Gasteiger partial charge is 0.287 e. The molecule has 20 heavy (non-hydrogen) atoms. The topological polar surface area (TPSA) is 79.5 Å². The van der Waals surface area contributed by atoms with Gasteiger partial charge in [-0.05, 0) is 6.92 Å². The highest BCUT2D eigenvalue weighted by molar-refractivity contribution is 5.90. The molecule has 1 aromatic heterocycles. The number of rotatable bonds is 3. The van der Waals surface area contributed by atoms with E-state index in [2.05, 4.69) is 20.2 Å². The largest absolute Gasteiger partial charge is 0.379 e. The van der Waals surface area contributed by atoms with E-state index >= 15 is 0 Å². The first-order valence-corrected chi connectivity index (χ1v) is 6.96. The number of imidazole rings is 1. The highest BCUT2D eigenvalue weighted by atomic mass is 16.5. The second-order valence-corrected chi connectivity index (χ2v) is 5.25. The SMILES string of the molecule is Cc1cnc(C(=O)N[C@H]2COC[C@@H]2N2CCOCC2)[nH]1. The molecule has 3 rings (SSSR count). The van der Waals surface area contributed by atoms with Gasteiger partial charge in [0.25, 0.3) is 5.91 Å². The van der Waals surface area contributed by atoms with Crippen LogP contribution in [0.4, 0.5) is 0 Å². The van der Waals surface area contributed by atoms with Crippen molar-refractivity contribution in [2.24, 2.45) is 0 Å². The van der Waals surface area contributed by atoms with Crippen LogP contribution in [0.2, 0.25) is 0 Å². The summed E-state index contributed by atoms with van der Waals surface area (Å²) in [6, 6.07) is 0.227. The molecule has 0 radical (unpaired) electrons. The van der Waals surface area contributed by atoms with Gasteiger partial charge in [0.1, 0.15) is 0 Å². The van der Waals surface area contributed by atoms with E-state index in [0.717, 1.165) is 32.0 Å². The molecular weight excluding hydrogens is 260 g/mol. The van der Waals surface area contributed by atoms with Crippen LogP contribution in [0.15, 0.2) is 6.20 Å². The Morgan fingerprint density at radius 2 is 2.20 bits per heavy atom. The normalized spacial score (nSPS) is 27.6. The number of ether oxygens (including phenoxy) is 2. The van der Waals surface area contributed by atoms with Gasteiger partial charge < -0.3 is 19.8 Å². The van der Waals surface area contributed by atoms with Gasteiger partial charge >= 0.3 is 0 Å². The Morgan fingerprint density at radius 1 is 1.40 bits per heavy atom. The molecule has 0 saturated carbocycles. The molecule has 2 aliphatic rings. The van der Waals surface area contributed by atoms with E-state index in [4.69, 9.17) is 9.47 Å². The predicted molar refractivity (Wildman–Crippen MR) is 71.6 cm³/mol. The summed E-state index contributed by atoms with van der Waals surface area (Å²) in [5.74, 6) is 0.182. The van der Waals surface area contributed by atoms with Gasteiger partial charge in [-0.2, -0.15) is 0 Å². The summed E-state index contributed by atoms with van der Waals surface area (Å²) in [4.78, 5) is 21.5. The van der Waals surface area contributed by atoms with Gasteiger partial charge in [-0.3, -0.25) is 9.69 Å². The maximum absolute atomic E-state index is 12.1. The van der Waals surface area contributed by atoms with Crippen molar-refractivity contribution in [3.63, 3.8) is 0 Å². The molecule has 2 atom stereocenters. The third-order valence-corrected chi connectivity index (χ3v) is 3.80. The fourth-order valence-electron chi connectivity index (χ4n) is 2.71. The number of H-pyrrole nitrogens is 1. The van der Waals surface area contributed by atoms with Gasteiger partial charge in [-0.15, -0.1) is 0 Å². The molecule has 0 bridgehead atoms. The molecule has 2 fully saturated rings. The van der Waals surface area contributed by atoms with E-state index in [0.29, 0.717) is 19.0 Å². The number of carbonyl (C=O) groups is 1. The monoisotopic (exact) mass is 280 g/mol. The zero-order valence-electron chi connectivity index (χ0n) is 11.6. The molecule has 1 aromatic rings. The second kappa shape index (κ2) is 5.90. The average molecular weight is 280 g/mol. The van der Waals surface area contributed by atoms with Crippen LogP contribution in [-0.2, 0) is 9.47 Å². The third-order valence-electron chi connectivity index (χ3n) is 3.80. The van der Waals surface area contributed by atoms with Gasteiger partial charge in [0.15, 0.2) is 5.82 Å². The third kappa shape index (κ3) is 2.84. The second-order valence-electron chi connectivity index (χ2n) is 5.25. The van der Waals surface area contributed by atoms with Crippen molar-refractivity contribution in [1.82, 2.24) is 20.2 Å². The molecule has 2 saturated heterocycles. The van der Waals surface area contributed by atoms with Crippen molar-refractivity contribution in [1.29, 1.82) is 0 Å². The van der Waals surface area contributed by atoms with Crippen LogP contribution in [0.3, 0.4) is 0 Å². The number of carbonyl (C=O) groups excluding carboxylic acids is 1. The Balaban J connectivity index is 1.62. The molecule has 110 valence electrons. The van der Waals surface area contributed by atoms with Crippen LogP contribution in [0.1, 0.15) is 16.3 Å². The highest BCUT2D eigenvalue weighted by Crippen LogP contribution is 2.15. The van der Waals surface area contributed by atoms with E-state index in [9.17, 15) is 4.79 Å². The molecule has 0 aromatic carbocycles. The molecule has 0 aliphatic carbocycles. The maximum atomic E-state index is 12.1. The number of aryl methyl sites for hydroxylation is 1. The Bertz CT molecular complexity index is 470. The minimum Gasteiger partial charge on any atom is -0.379 e. The first-order chi connectivity index (χ1) is 9.74. The molecule has 7 nitrogen and oxygen atoms in total. The zero-order chi connectivity index (χ0) is 13.9. The molecule has 1 amide bonds. The summed E-state index contributed by atoms with van der Waals surface area (Å²) in [7, 11) is 0. The van der Waals surface area contributed by atoms with Crippen molar-refractivity contribution >= 4 is 5.91 Å². The van der Waals surface area contributed by atoms with Crippen LogP contribution in [0, 0.1) is 6.92 Å². The summed E-state index contributed by atoms with van der Waals surface area (Å²) >= 11 is 0. The number of aromatic nitrogens is 2. The van der Waals surface area contributed by atoms with Gasteiger partial charge in [-0.25, -0.2) is 4.98 Å². The van der Waals surface area contributed by atoms with Crippen molar-refractivity contribution < 1.29 is 14.3 Å². The van der Waals surface area contributed by atoms with E-state index in [-0.39, 0.29) is 18.0 Å². The number of nitrogens with one attached hydrogen (secondary N) is 2. The molecule has 2 N–H and O–H groups in total. The van der Waals surface area contributed by atoms with Crippen LogP contribution in [0.5, 0.6) is 0 Å². The average Bonchev–Trinajstić information content (AvgIpc) is 3.09. The summed E-state index contributed by atoms with van der Waals surface area (Å²) in [5.41, 5.74) is 0.877. The van der Waals surface area contributed by atoms with Crippen molar-refractivity contribution in [2.45, 2.75) is 19.0 Å². The van der Waals surface area contributed by atoms with Crippen LogP contribution in [0.25, 0.3) is 0 Å². The molecule has 2 aliphatic heterocycles. The maximum Gasteiger partial charge on any atom is 0.287 e. The summed E-state index contributed by atoms with van der Waals surface area (Å²) in [6.45, 7) is 6.35. The molecule has 0 unspecified atom stereocenters. The lowest BCUT2D eigenvalue weighted by Gasteiger charge is -2.34. The molecule has 7 heteroatoms. The minimum atomic E-state index is -0.174.